The molecule has 3 aromatic rings. The number of aromatic nitrogens is 3. The summed E-state index contributed by atoms with van der Waals surface area (Å²) in [4.78, 5) is 17.0. The van der Waals surface area contributed by atoms with Crippen LogP contribution in [0.5, 0.6) is 0 Å². The Balaban J connectivity index is 1.98. The number of esters is 1. The predicted molar refractivity (Wildman–Crippen MR) is 93.6 cm³/mol. The minimum absolute atomic E-state index is 0.402. The third-order valence-corrected chi connectivity index (χ3v) is 4.18. The SMILES string of the molecule is COC(=O)C1=C(c2ccccc2)Nc2ncnn2[C@H]1c1ccccc1. The maximum atomic E-state index is 12.7. The number of nitrogens with one attached hydrogen (secondary N) is 1. The van der Waals surface area contributed by atoms with Gasteiger partial charge in [-0.15, -0.1) is 0 Å². The molecule has 0 amide bonds. The van der Waals surface area contributed by atoms with Crippen molar-refractivity contribution in [3.63, 3.8) is 0 Å². The van der Waals surface area contributed by atoms with Crippen molar-refractivity contribution in [3.05, 3.63) is 83.7 Å². The van der Waals surface area contributed by atoms with Gasteiger partial charge in [-0.05, 0) is 11.1 Å². The molecule has 6 nitrogen and oxygen atoms in total. The second-order valence-electron chi connectivity index (χ2n) is 5.61. The Morgan fingerprint density at radius 3 is 2.44 bits per heavy atom. The smallest absolute Gasteiger partial charge is 0.338 e. The number of fused-ring (bicyclic) bond motifs is 1. The van der Waals surface area contributed by atoms with Crippen LogP contribution in [0.15, 0.2) is 72.6 Å². The molecule has 1 aliphatic rings. The number of ether oxygens (including phenoxy) is 1. The number of carbonyl (C=O) groups excluding carboxylic acids is 1. The van der Waals surface area contributed by atoms with Gasteiger partial charge in [-0.2, -0.15) is 10.1 Å². The number of rotatable bonds is 3. The highest BCUT2D eigenvalue weighted by Gasteiger charge is 2.35. The monoisotopic (exact) mass is 332 g/mol. The average molecular weight is 332 g/mol. The second-order valence-corrected chi connectivity index (χ2v) is 5.61. The van der Waals surface area contributed by atoms with Crippen LogP contribution in [0, 0.1) is 0 Å². The average Bonchev–Trinajstić information content (AvgIpc) is 3.15. The zero-order valence-corrected chi connectivity index (χ0v) is 13.6. The lowest BCUT2D eigenvalue weighted by molar-refractivity contribution is -0.136. The van der Waals surface area contributed by atoms with E-state index in [0.29, 0.717) is 17.2 Å². The summed E-state index contributed by atoms with van der Waals surface area (Å²) in [6.07, 6.45) is 1.47. The first-order chi connectivity index (χ1) is 12.3. The highest BCUT2D eigenvalue weighted by Crippen LogP contribution is 2.38. The maximum Gasteiger partial charge on any atom is 0.338 e. The third-order valence-electron chi connectivity index (χ3n) is 4.18. The lowest BCUT2D eigenvalue weighted by Gasteiger charge is -2.29. The Morgan fingerprint density at radius 2 is 1.76 bits per heavy atom. The van der Waals surface area contributed by atoms with E-state index in [0.717, 1.165) is 11.1 Å². The molecule has 1 N–H and O–H groups in total. The van der Waals surface area contributed by atoms with Crippen LogP contribution in [0.1, 0.15) is 17.2 Å². The van der Waals surface area contributed by atoms with E-state index >= 15 is 0 Å². The van der Waals surface area contributed by atoms with E-state index in [-0.39, 0.29) is 0 Å². The van der Waals surface area contributed by atoms with Crippen molar-refractivity contribution < 1.29 is 9.53 Å². The Labute approximate surface area is 144 Å². The zero-order chi connectivity index (χ0) is 17.2. The van der Waals surface area contributed by atoms with Gasteiger partial charge in [0, 0.05) is 0 Å². The second kappa shape index (κ2) is 6.24. The summed E-state index contributed by atoms with van der Waals surface area (Å²) in [7, 11) is 1.39. The first-order valence-electron chi connectivity index (χ1n) is 7.89. The standard InChI is InChI=1S/C19H16N4O2/c1-25-18(24)15-16(13-8-4-2-5-9-13)22-19-20-12-21-23(19)17(15)14-10-6-3-7-11-14/h2-12,17H,1H3,(H,20,21,22)/t17-/m0/s1. The van der Waals surface area contributed by atoms with Crippen LogP contribution in [0.2, 0.25) is 0 Å². The van der Waals surface area contributed by atoms with E-state index in [1.165, 1.54) is 13.4 Å². The molecule has 0 spiro atoms. The van der Waals surface area contributed by atoms with Gasteiger partial charge in [-0.1, -0.05) is 60.7 Å². The Kier molecular flexibility index (Phi) is 3.78. The van der Waals surface area contributed by atoms with Crippen molar-refractivity contribution in [2.24, 2.45) is 0 Å². The summed E-state index contributed by atoms with van der Waals surface area (Å²) in [5.41, 5.74) is 3.00. The molecule has 0 bridgehead atoms. The van der Waals surface area contributed by atoms with Crippen LogP contribution >= 0.6 is 0 Å². The van der Waals surface area contributed by atoms with Crippen molar-refractivity contribution >= 4 is 17.6 Å². The number of methoxy groups -OCH3 is 1. The topological polar surface area (TPSA) is 69.0 Å². The summed E-state index contributed by atoms with van der Waals surface area (Å²) in [5, 5.41) is 7.54. The summed E-state index contributed by atoms with van der Waals surface area (Å²) < 4.78 is 6.79. The molecule has 124 valence electrons. The number of hydrogen-bond acceptors (Lipinski definition) is 5. The summed E-state index contributed by atoms with van der Waals surface area (Å²) >= 11 is 0. The quantitative estimate of drug-likeness (QED) is 0.747. The highest BCUT2D eigenvalue weighted by molar-refractivity contribution is 6.02. The maximum absolute atomic E-state index is 12.7. The van der Waals surface area contributed by atoms with E-state index in [1.807, 2.05) is 60.7 Å². The Hall–Kier alpha value is -3.41. The molecule has 0 unspecified atom stereocenters. The van der Waals surface area contributed by atoms with Crippen LogP contribution in [0.3, 0.4) is 0 Å². The summed E-state index contributed by atoms with van der Waals surface area (Å²) in [6.45, 7) is 0. The molecule has 0 radical (unpaired) electrons. The van der Waals surface area contributed by atoms with Gasteiger partial charge in [0.05, 0.1) is 18.4 Å². The summed E-state index contributed by atoms with van der Waals surface area (Å²) in [5.74, 6) is 0.182. The lowest BCUT2D eigenvalue weighted by Crippen LogP contribution is -2.29. The fourth-order valence-electron chi connectivity index (χ4n) is 3.07. The Bertz CT molecular complexity index is 932. The molecule has 25 heavy (non-hydrogen) atoms. The molecule has 0 fully saturated rings. The van der Waals surface area contributed by atoms with Gasteiger partial charge >= 0.3 is 5.97 Å². The van der Waals surface area contributed by atoms with Gasteiger partial charge in [0.2, 0.25) is 5.95 Å². The molecule has 2 aromatic carbocycles. The van der Waals surface area contributed by atoms with Gasteiger partial charge in [0.25, 0.3) is 0 Å². The van der Waals surface area contributed by atoms with Gasteiger partial charge < -0.3 is 10.1 Å². The fraction of sp³-hybridized carbons (Fsp3) is 0.105. The molecular formula is C19H16N4O2. The van der Waals surface area contributed by atoms with Crippen molar-refractivity contribution in [1.29, 1.82) is 0 Å². The van der Waals surface area contributed by atoms with Crippen molar-refractivity contribution in [2.45, 2.75) is 6.04 Å². The van der Waals surface area contributed by atoms with Crippen LogP contribution in [-0.4, -0.2) is 27.8 Å². The van der Waals surface area contributed by atoms with E-state index in [9.17, 15) is 4.79 Å². The fourth-order valence-corrected chi connectivity index (χ4v) is 3.07. The molecule has 1 atom stereocenters. The first-order valence-corrected chi connectivity index (χ1v) is 7.89. The van der Waals surface area contributed by atoms with E-state index in [1.54, 1.807) is 4.68 Å². The minimum atomic E-state index is -0.414. The first kappa shape index (κ1) is 15.1. The molecule has 2 heterocycles. The van der Waals surface area contributed by atoms with Gasteiger partial charge in [0.15, 0.2) is 0 Å². The van der Waals surface area contributed by atoms with Crippen molar-refractivity contribution in [1.82, 2.24) is 14.8 Å². The summed E-state index contributed by atoms with van der Waals surface area (Å²) in [6, 6.07) is 19.0. The zero-order valence-electron chi connectivity index (χ0n) is 13.6. The minimum Gasteiger partial charge on any atom is -0.466 e. The van der Waals surface area contributed by atoms with E-state index in [2.05, 4.69) is 15.4 Å². The van der Waals surface area contributed by atoms with Crippen LogP contribution in [0.25, 0.3) is 5.70 Å². The van der Waals surface area contributed by atoms with Crippen molar-refractivity contribution in [2.75, 3.05) is 12.4 Å². The van der Waals surface area contributed by atoms with Gasteiger partial charge in [-0.3, -0.25) is 0 Å². The van der Waals surface area contributed by atoms with E-state index in [4.69, 9.17) is 4.74 Å². The number of nitrogens with zero attached hydrogens (tertiary/aromatic N) is 3. The molecule has 1 aliphatic heterocycles. The predicted octanol–water partition coefficient (Wildman–Crippen LogP) is 2.88. The third kappa shape index (κ3) is 2.57. The van der Waals surface area contributed by atoms with Crippen LogP contribution in [0.4, 0.5) is 5.95 Å². The molecule has 4 rings (SSSR count). The Morgan fingerprint density at radius 1 is 1.08 bits per heavy atom. The van der Waals surface area contributed by atoms with Crippen LogP contribution < -0.4 is 5.32 Å². The van der Waals surface area contributed by atoms with Crippen molar-refractivity contribution in [3.8, 4) is 0 Å². The number of carbonyl (C=O) groups is 1. The highest BCUT2D eigenvalue weighted by atomic mass is 16.5. The number of anilines is 1. The van der Waals surface area contributed by atoms with Crippen LogP contribution in [-0.2, 0) is 9.53 Å². The number of benzene rings is 2. The number of hydrogen-bond donors (Lipinski definition) is 1. The van der Waals surface area contributed by atoms with Gasteiger partial charge in [-0.25, -0.2) is 9.48 Å². The lowest BCUT2D eigenvalue weighted by atomic mass is 9.93. The largest absolute Gasteiger partial charge is 0.466 e. The molecule has 1 aromatic heterocycles. The molecular weight excluding hydrogens is 316 g/mol. The molecule has 0 saturated carbocycles. The van der Waals surface area contributed by atoms with Gasteiger partial charge in [0.1, 0.15) is 12.4 Å². The normalized spacial score (nSPS) is 16.1. The molecule has 6 heteroatoms. The van der Waals surface area contributed by atoms with E-state index < -0.39 is 12.0 Å². The molecule has 0 saturated heterocycles. The molecule has 0 aliphatic carbocycles.